The van der Waals surface area contributed by atoms with E-state index in [1.807, 2.05) is 11.8 Å². The van der Waals surface area contributed by atoms with Gasteiger partial charge in [-0.05, 0) is 25.8 Å². The van der Waals surface area contributed by atoms with Gasteiger partial charge >= 0.3 is 0 Å². The van der Waals surface area contributed by atoms with Crippen molar-refractivity contribution < 1.29 is 8.42 Å². The molecule has 1 heterocycles. The van der Waals surface area contributed by atoms with Gasteiger partial charge in [0.05, 0.1) is 0 Å². The van der Waals surface area contributed by atoms with E-state index >= 15 is 0 Å². The highest BCUT2D eigenvalue weighted by Gasteiger charge is 2.33. The first-order valence-electron chi connectivity index (χ1n) is 7.50. The highest BCUT2D eigenvalue weighted by atomic mass is 32.2. The molecular formula is C13H27N3O2S2. The molecule has 2 atom stereocenters. The lowest BCUT2D eigenvalue weighted by molar-refractivity contribution is 0.351. The quantitative estimate of drug-likeness (QED) is 0.714. The molecule has 0 bridgehead atoms. The molecule has 5 nitrogen and oxygen atoms in total. The van der Waals surface area contributed by atoms with Crippen LogP contribution in [0.15, 0.2) is 0 Å². The van der Waals surface area contributed by atoms with Gasteiger partial charge < -0.3 is 5.32 Å². The summed E-state index contributed by atoms with van der Waals surface area (Å²) in [5.41, 5.74) is 0. The molecule has 1 aliphatic carbocycles. The predicted molar refractivity (Wildman–Crippen MR) is 85.3 cm³/mol. The fourth-order valence-electron chi connectivity index (χ4n) is 2.53. The van der Waals surface area contributed by atoms with E-state index in [0.717, 1.165) is 13.0 Å². The third kappa shape index (κ3) is 4.59. The zero-order valence-electron chi connectivity index (χ0n) is 12.7. The van der Waals surface area contributed by atoms with Gasteiger partial charge in [-0.3, -0.25) is 0 Å². The summed E-state index contributed by atoms with van der Waals surface area (Å²) in [4.78, 5) is 0. The molecule has 0 aromatic heterocycles. The highest BCUT2D eigenvalue weighted by molar-refractivity contribution is 8.00. The molecule has 1 saturated heterocycles. The SMILES string of the molecule is CC1CN(S(=O)(=O)N(C)CCCNC2CC2)CC(C)S1. The van der Waals surface area contributed by atoms with Crippen molar-refractivity contribution in [2.75, 3.05) is 33.2 Å². The second-order valence-electron chi connectivity index (χ2n) is 5.99. The lowest BCUT2D eigenvalue weighted by Gasteiger charge is -2.35. The Morgan fingerprint density at radius 2 is 1.85 bits per heavy atom. The van der Waals surface area contributed by atoms with E-state index in [1.54, 1.807) is 11.4 Å². The minimum atomic E-state index is -3.29. The lowest BCUT2D eigenvalue weighted by atomic mass is 10.4. The van der Waals surface area contributed by atoms with Crippen molar-refractivity contribution in [2.45, 2.75) is 49.7 Å². The van der Waals surface area contributed by atoms with Gasteiger partial charge in [0.2, 0.25) is 0 Å². The molecule has 0 spiro atoms. The summed E-state index contributed by atoms with van der Waals surface area (Å²) in [5.74, 6) is 0. The minimum Gasteiger partial charge on any atom is -0.314 e. The molecule has 0 amide bonds. The first-order chi connectivity index (χ1) is 9.39. The Hall–Kier alpha value is 0.180. The van der Waals surface area contributed by atoms with Crippen LogP contribution in [0, 0.1) is 0 Å². The molecular weight excluding hydrogens is 294 g/mol. The van der Waals surface area contributed by atoms with Crippen LogP contribution in [0.5, 0.6) is 0 Å². The first-order valence-corrected chi connectivity index (χ1v) is 9.84. The van der Waals surface area contributed by atoms with Crippen LogP contribution in [-0.4, -0.2) is 66.8 Å². The molecule has 0 aromatic rings. The van der Waals surface area contributed by atoms with Gasteiger partial charge in [-0.1, -0.05) is 13.8 Å². The van der Waals surface area contributed by atoms with Crippen LogP contribution >= 0.6 is 11.8 Å². The number of nitrogens with zero attached hydrogens (tertiary/aromatic N) is 2. The Morgan fingerprint density at radius 1 is 1.25 bits per heavy atom. The maximum absolute atomic E-state index is 12.5. The predicted octanol–water partition coefficient (Wildman–Crippen LogP) is 1.13. The summed E-state index contributed by atoms with van der Waals surface area (Å²) in [6.45, 7) is 6.95. The van der Waals surface area contributed by atoms with Crippen molar-refractivity contribution in [3.8, 4) is 0 Å². The molecule has 118 valence electrons. The van der Waals surface area contributed by atoms with E-state index < -0.39 is 10.2 Å². The number of rotatable bonds is 7. The number of thioether (sulfide) groups is 1. The van der Waals surface area contributed by atoms with Crippen LogP contribution in [0.3, 0.4) is 0 Å². The van der Waals surface area contributed by atoms with Gasteiger partial charge in [0.15, 0.2) is 0 Å². The summed E-state index contributed by atoms with van der Waals surface area (Å²) in [6.07, 6.45) is 3.42. The Labute approximate surface area is 127 Å². The van der Waals surface area contributed by atoms with E-state index in [2.05, 4.69) is 19.2 Å². The van der Waals surface area contributed by atoms with E-state index in [-0.39, 0.29) is 0 Å². The van der Waals surface area contributed by atoms with Crippen LogP contribution in [0.25, 0.3) is 0 Å². The lowest BCUT2D eigenvalue weighted by Crippen LogP contribution is -2.49. The van der Waals surface area contributed by atoms with Crippen LogP contribution in [0.2, 0.25) is 0 Å². The monoisotopic (exact) mass is 321 g/mol. The van der Waals surface area contributed by atoms with Gasteiger partial charge in [0.25, 0.3) is 10.2 Å². The molecule has 20 heavy (non-hydrogen) atoms. The smallest absolute Gasteiger partial charge is 0.281 e. The van der Waals surface area contributed by atoms with Crippen molar-refractivity contribution in [3.05, 3.63) is 0 Å². The van der Waals surface area contributed by atoms with Crippen LogP contribution in [0.1, 0.15) is 33.1 Å². The molecule has 0 aromatic carbocycles. The summed E-state index contributed by atoms with van der Waals surface area (Å²) >= 11 is 1.87. The van der Waals surface area contributed by atoms with Crippen molar-refractivity contribution in [2.24, 2.45) is 0 Å². The van der Waals surface area contributed by atoms with Gasteiger partial charge in [-0.15, -0.1) is 0 Å². The number of hydrogen-bond donors (Lipinski definition) is 1. The van der Waals surface area contributed by atoms with E-state index in [9.17, 15) is 8.42 Å². The second kappa shape index (κ2) is 6.96. The van der Waals surface area contributed by atoms with Crippen molar-refractivity contribution in [1.29, 1.82) is 0 Å². The Balaban J connectivity index is 1.80. The Morgan fingerprint density at radius 3 is 2.40 bits per heavy atom. The standard InChI is InChI=1S/C13H27N3O2S2/c1-11-9-16(10-12(2)19-11)20(17,18)15(3)8-4-7-14-13-5-6-13/h11-14H,4-10H2,1-3H3. The third-order valence-electron chi connectivity index (χ3n) is 3.77. The van der Waals surface area contributed by atoms with E-state index in [4.69, 9.17) is 0 Å². The van der Waals surface area contributed by atoms with E-state index in [0.29, 0.717) is 36.2 Å². The number of hydrogen-bond acceptors (Lipinski definition) is 4. The fraction of sp³-hybridized carbons (Fsp3) is 1.00. The molecule has 0 radical (unpaired) electrons. The van der Waals surface area contributed by atoms with Crippen LogP contribution in [0.4, 0.5) is 0 Å². The molecule has 2 rings (SSSR count). The Kier molecular flexibility index (Phi) is 5.76. The molecule has 2 aliphatic rings. The second-order valence-corrected chi connectivity index (χ2v) is 9.90. The average molecular weight is 322 g/mol. The van der Waals surface area contributed by atoms with Gasteiger partial charge in [0, 0.05) is 43.2 Å². The normalized spacial score (nSPS) is 29.0. The van der Waals surface area contributed by atoms with Crippen LogP contribution in [-0.2, 0) is 10.2 Å². The summed E-state index contributed by atoms with van der Waals surface area (Å²) in [6, 6.07) is 0.692. The molecule has 2 fully saturated rings. The fourth-order valence-corrected chi connectivity index (χ4v) is 5.62. The highest BCUT2D eigenvalue weighted by Crippen LogP contribution is 2.27. The van der Waals surface area contributed by atoms with Gasteiger partial charge in [0.1, 0.15) is 0 Å². The zero-order valence-corrected chi connectivity index (χ0v) is 14.3. The van der Waals surface area contributed by atoms with Gasteiger partial charge in [-0.2, -0.15) is 28.8 Å². The number of nitrogens with one attached hydrogen (secondary N) is 1. The molecule has 1 aliphatic heterocycles. The molecule has 2 unspecified atom stereocenters. The largest absolute Gasteiger partial charge is 0.314 e. The molecule has 7 heteroatoms. The molecule has 1 N–H and O–H groups in total. The zero-order chi connectivity index (χ0) is 14.8. The van der Waals surface area contributed by atoms with Crippen molar-refractivity contribution in [3.63, 3.8) is 0 Å². The average Bonchev–Trinajstić information content (AvgIpc) is 3.17. The third-order valence-corrected chi connectivity index (χ3v) is 6.91. The summed E-state index contributed by atoms with van der Waals surface area (Å²) in [5, 5.41) is 4.17. The topological polar surface area (TPSA) is 52.7 Å². The van der Waals surface area contributed by atoms with Crippen molar-refractivity contribution >= 4 is 22.0 Å². The summed E-state index contributed by atoms with van der Waals surface area (Å²) in [7, 11) is -1.59. The first kappa shape index (κ1) is 16.5. The maximum Gasteiger partial charge on any atom is 0.281 e. The van der Waals surface area contributed by atoms with Crippen molar-refractivity contribution in [1.82, 2.24) is 13.9 Å². The maximum atomic E-state index is 12.5. The van der Waals surface area contributed by atoms with E-state index in [1.165, 1.54) is 17.1 Å². The molecule has 1 saturated carbocycles. The summed E-state index contributed by atoms with van der Waals surface area (Å²) < 4.78 is 28.2. The minimum absolute atomic E-state index is 0.374. The van der Waals surface area contributed by atoms with Gasteiger partial charge in [-0.25, -0.2) is 0 Å². The van der Waals surface area contributed by atoms with Crippen LogP contribution < -0.4 is 5.32 Å². The Bertz CT molecular complexity index is 402.